The van der Waals surface area contributed by atoms with Crippen LogP contribution in [0, 0.1) is 5.92 Å². The number of carbonyl (C=O) groups excluding carboxylic acids is 1. The maximum absolute atomic E-state index is 11.2. The van der Waals surface area contributed by atoms with Crippen molar-refractivity contribution in [2.75, 3.05) is 6.61 Å². The summed E-state index contributed by atoms with van der Waals surface area (Å²) in [6.45, 7) is 11.6. The lowest BCUT2D eigenvalue weighted by Crippen LogP contribution is -2.42. The molecule has 1 rings (SSSR count). The molecule has 0 amide bonds. The zero-order valence-electron chi connectivity index (χ0n) is 12.8. The first-order valence-electron chi connectivity index (χ1n) is 6.89. The molecule has 0 saturated carbocycles. The van der Waals surface area contributed by atoms with Crippen molar-refractivity contribution in [3.05, 3.63) is 35.9 Å². The van der Waals surface area contributed by atoms with Gasteiger partial charge in [0.15, 0.2) is 8.32 Å². The molecule has 106 valence electrons. The molecule has 0 aromatic heterocycles. The molecule has 19 heavy (non-hydrogen) atoms. The van der Waals surface area contributed by atoms with Crippen LogP contribution in [0.2, 0.25) is 18.1 Å². The fraction of sp³-hybridized carbons (Fsp3) is 0.562. The van der Waals surface area contributed by atoms with Crippen molar-refractivity contribution in [2.45, 2.75) is 45.3 Å². The fourth-order valence-electron chi connectivity index (χ4n) is 1.60. The van der Waals surface area contributed by atoms with E-state index in [2.05, 4.69) is 46.0 Å². The van der Waals surface area contributed by atoms with Crippen molar-refractivity contribution in [3.8, 4) is 0 Å². The molecule has 0 spiro atoms. The van der Waals surface area contributed by atoms with Gasteiger partial charge in [-0.2, -0.15) is 0 Å². The average Bonchev–Trinajstić information content (AvgIpc) is 2.34. The molecule has 0 unspecified atom stereocenters. The Balaban J connectivity index is 2.57. The average molecular weight is 278 g/mol. The van der Waals surface area contributed by atoms with Crippen LogP contribution in [0.3, 0.4) is 0 Å². The molecule has 0 N–H and O–H groups in total. The second-order valence-corrected chi connectivity index (χ2v) is 11.5. The molecule has 0 bridgehead atoms. The maximum Gasteiger partial charge on any atom is 0.192 e. The summed E-state index contributed by atoms with van der Waals surface area (Å²) in [6.07, 6.45) is 1.79. The van der Waals surface area contributed by atoms with Crippen LogP contribution in [0.25, 0.3) is 0 Å². The van der Waals surface area contributed by atoms with E-state index in [9.17, 15) is 4.79 Å². The van der Waals surface area contributed by atoms with Crippen LogP contribution in [0.15, 0.2) is 30.3 Å². The van der Waals surface area contributed by atoms with E-state index >= 15 is 0 Å². The van der Waals surface area contributed by atoms with Gasteiger partial charge in [0.05, 0.1) is 0 Å². The highest BCUT2D eigenvalue weighted by Gasteiger charge is 2.37. The molecular formula is C16H26O2Si. The first-order valence-corrected chi connectivity index (χ1v) is 9.80. The van der Waals surface area contributed by atoms with Crippen LogP contribution in [-0.4, -0.2) is 21.2 Å². The van der Waals surface area contributed by atoms with E-state index in [1.165, 1.54) is 5.56 Å². The van der Waals surface area contributed by atoms with Gasteiger partial charge >= 0.3 is 0 Å². The van der Waals surface area contributed by atoms with Crippen molar-refractivity contribution in [1.82, 2.24) is 0 Å². The number of benzene rings is 1. The predicted molar refractivity (Wildman–Crippen MR) is 82.8 cm³/mol. The molecule has 0 fully saturated rings. The Morgan fingerprint density at radius 1 is 1.21 bits per heavy atom. The minimum Gasteiger partial charge on any atom is -0.416 e. The highest BCUT2D eigenvalue weighted by Crippen LogP contribution is 2.36. The Bertz CT molecular complexity index is 393. The monoisotopic (exact) mass is 278 g/mol. The SMILES string of the molecule is CC(C)(C)[Si](C)(C)OC[C@@H](C=O)Cc1ccccc1. The molecule has 1 atom stereocenters. The molecule has 2 nitrogen and oxygen atoms in total. The van der Waals surface area contributed by atoms with Gasteiger partial charge in [0.1, 0.15) is 6.29 Å². The number of rotatable bonds is 6. The molecule has 0 heterocycles. The zero-order valence-corrected chi connectivity index (χ0v) is 13.8. The normalized spacial score (nSPS) is 14.2. The molecular weight excluding hydrogens is 252 g/mol. The summed E-state index contributed by atoms with van der Waals surface area (Å²) in [7, 11) is -1.76. The lowest BCUT2D eigenvalue weighted by Gasteiger charge is -2.36. The third-order valence-electron chi connectivity index (χ3n) is 4.00. The van der Waals surface area contributed by atoms with Crippen LogP contribution in [-0.2, 0) is 15.6 Å². The highest BCUT2D eigenvalue weighted by atomic mass is 28.4. The lowest BCUT2D eigenvalue weighted by atomic mass is 10.0. The van der Waals surface area contributed by atoms with E-state index in [4.69, 9.17) is 4.43 Å². The molecule has 0 saturated heterocycles. The van der Waals surface area contributed by atoms with Crippen molar-refractivity contribution in [3.63, 3.8) is 0 Å². The molecule has 0 aliphatic carbocycles. The molecule has 0 aliphatic rings. The van der Waals surface area contributed by atoms with Gasteiger partial charge < -0.3 is 9.22 Å². The maximum atomic E-state index is 11.2. The van der Waals surface area contributed by atoms with E-state index in [0.29, 0.717) is 6.61 Å². The number of aldehydes is 1. The number of carbonyl (C=O) groups is 1. The second kappa shape index (κ2) is 6.48. The Kier molecular flexibility index (Phi) is 5.50. The van der Waals surface area contributed by atoms with Crippen molar-refractivity contribution in [1.29, 1.82) is 0 Å². The van der Waals surface area contributed by atoms with Crippen molar-refractivity contribution in [2.24, 2.45) is 5.92 Å². The molecule has 3 heteroatoms. The summed E-state index contributed by atoms with van der Waals surface area (Å²) in [5.74, 6) is -0.0449. The molecule has 0 radical (unpaired) electrons. The largest absolute Gasteiger partial charge is 0.416 e. The van der Waals surface area contributed by atoms with Crippen LogP contribution in [0.5, 0.6) is 0 Å². The van der Waals surface area contributed by atoms with Gasteiger partial charge in [-0.05, 0) is 30.1 Å². The molecule has 0 aliphatic heterocycles. The number of hydrogen-bond donors (Lipinski definition) is 0. The van der Waals surface area contributed by atoms with Crippen molar-refractivity contribution >= 4 is 14.6 Å². The fourth-order valence-corrected chi connectivity index (χ4v) is 2.66. The Labute approximate surface area is 118 Å². The lowest BCUT2D eigenvalue weighted by molar-refractivity contribution is -0.111. The van der Waals surface area contributed by atoms with Gasteiger partial charge in [0, 0.05) is 12.5 Å². The van der Waals surface area contributed by atoms with Gasteiger partial charge in [-0.1, -0.05) is 51.1 Å². The third-order valence-corrected chi connectivity index (χ3v) is 8.50. The molecule has 1 aromatic rings. The molecule has 1 aromatic carbocycles. The Morgan fingerprint density at radius 2 is 1.79 bits per heavy atom. The van der Waals surface area contributed by atoms with E-state index in [0.717, 1.165) is 12.7 Å². The first kappa shape index (κ1) is 16.1. The number of hydrogen-bond acceptors (Lipinski definition) is 2. The quantitative estimate of drug-likeness (QED) is 0.579. The second-order valence-electron chi connectivity index (χ2n) is 6.66. The van der Waals surface area contributed by atoms with Gasteiger partial charge in [-0.25, -0.2) is 0 Å². The summed E-state index contributed by atoms with van der Waals surface area (Å²) in [5.41, 5.74) is 1.19. The summed E-state index contributed by atoms with van der Waals surface area (Å²) in [5, 5.41) is 0.188. The van der Waals surface area contributed by atoms with Gasteiger partial charge in [-0.15, -0.1) is 0 Å². The van der Waals surface area contributed by atoms with Crippen LogP contribution in [0.4, 0.5) is 0 Å². The van der Waals surface area contributed by atoms with Crippen molar-refractivity contribution < 1.29 is 9.22 Å². The zero-order chi connectivity index (χ0) is 14.5. The smallest absolute Gasteiger partial charge is 0.192 e. The predicted octanol–water partition coefficient (Wildman–Crippen LogP) is 4.07. The Morgan fingerprint density at radius 3 is 2.26 bits per heavy atom. The van der Waals surface area contributed by atoms with Gasteiger partial charge in [0.2, 0.25) is 0 Å². The van der Waals surface area contributed by atoms with E-state index < -0.39 is 8.32 Å². The standard InChI is InChI=1S/C16H26O2Si/c1-16(2,3)19(4,5)18-13-15(12-17)11-14-9-7-6-8-10-14/h6-10,12,15H,11,13H2,1-5H3/t15-/m1/s1. The topological polar surface area (TPSA) is 26.3 Å². The summed E-state index contributed by atoms with van der Waals surface area (Å²) >= 11 is 0. The third kappa shape index (κ3) is 4.92. The van der Waals surface area contributed by atoms with Gasteiger partial charge in [-0.3, -0.25) is 0 Å². The minimum atomic E-state index is -1.76. The summed E-state index contributed by atoms with van der Waals surface area (Å²) in [4.78, 5) is 11.2. The van der Waals surface area contributed by atoms with Gasteiger partial charge in [0.25, 0.3) is 0 Å². The summed E-state index contributed by atoms with van der Waals surface area (Å²) in [6, 6.07) is 10.1. The van der Waals surface area contributed by atoms with Crippen LogP contribution in [0.1, 0.15) is 26.3 Å². The minimum absolute atomic E-state index is 0.0449. The van der Waals surface area contributed by atoms with E-state index in [-0.39, 0.29) is 11.0 Å². The van der Waals surface area contributed by atoms with Crippen LogP contribution >= 0.6 is 0 Å². The first-order chi connectivity index (χ1) is 8.76. The highest BCUT2D eigenvalue weighted by molar-refractivity contribution is 6.74. The van der Waals surface area contributed by atoms with Crippen LogP contribution < -0.4 is 0 Å². The summed E-state index contributed by atoms with van der Waals surface area (Å²) < 4.78 is 6.13. The Hall–Kier alpha value is -0.933. The van der Waals surface area contributed by atoms with E-state index in [1.807, 2.05) is 18.2 Å². The van der Waals surface area contributed by atoms with E-state index in [1.54, 1.807) is 0 Å².